The monoisotopic (exact) mass is 542 g/mol. The van der Waals surface area contributed by atoms with Gasteiger partial charge in [-0.15, -0.1) is 0 Å². The molecule has 0 spiro atoms. The predicted octanol–water partition coefficient (Wildman–Crippen LogP) is -0.0730. The second-order valence-electron chi connectivity index (χ2n) is 8.75. The summed E-state index contributed by atoms with van der Waals surface area (Å²) in [6.45, 7) is -0.217. The third kappa shape index (κ3) is 8.34. The molecule has 0 radical (unpaired) electrons. The first-order chi connectivity index (χ1) is 18.9. The first-order valence-electron chi connectivity index (χ1n) is 12.6. The number of carbonyl (C=O) groups is 4. The van der Waals surface area contributed by atoms with Crippen LogP contribution >= 0.6 is 0 Å². The van der Waals surface area contributed by atoms with E-state index in [4.69, 9.17) is 14.2 Å². The molecule has 3 rings (SSSR count). The normalized spacial score (nSPS) is 18.3. The van der Waals surface area contributed by atoms with Crippen LogP contribution in [-0.2, 0) is 20.8 Å². The molecule has 1 aliphatic rings. The molecule has 12 nitrogen and oxygen atoms in total. The standard InChI is InChI=1S/C27H34N4O8/c1-37-22-10-9-17(14-23(22)38-2)6-5-11-28-26(35)19-15-24(33)30-20(16-32)27(36)29-12-13-39-21-8-4-3-7-18(21)25(34)31-19/h3-4,7-10,14,19-20,32H,5-6,11-13,15-16H2,1-2H3,(H,28,35)(H,29,36)(H,30,33)(H,31,34)/t19-,20-/m0/s1. The van der Waals surface area contributed by atoms with Crippen molar-refractivity contribution in [1.29, 1.82) is 0 Å². The van der Waals surface area contributed by atoms with Crippen LogP contribution in [0.2, 0.25) is 0 Å². The molecule has 0 saturated heterocycles. The van der Waals surface area contributed by atoms with Gasteiger partial charge in [0.05, 0.1) is 39.4 Å². The molecule has 1 heterocycles. The molecule has 2 aromatic rings. The van der Waals surface area contributed by atoms with Gasteiger partial charge in [0, 0.05) is 6.54 Å². The third-order valence-corrected chi connectivity index (χ3v) is 6.03. The molecular weight excluding hydrogens is 508 g/mol. The Kier molecular flexibility index (Phi) is 10.9. The average Bonchev–Trinajstić information content (AvgIpc) is 2.95. The van der Waals surface area contributed by atoms with Crippen LogP contribution in [0.5, 0.6) is 17.2 Å². The summed E-state index contributed by atoms with van der Waals surface area (Å²) >= 11 is 0. The molecule has 210 valence electrons. The zero-order chi connectivity index (χ0) is 28.2. The molecule has 2 aromatic carbocycles. The summed E-state index contributed by atoms with van der Waals surface area (Å²) in [6.07, 6.45) is 0.772. The van der Waals surface area contributed by atoms with Gasteiger partial charge in [0.1, 0.15) is 24.4 Å². The molecule has 5 N–H and O–H groups in total. The van der Waals surface area contributed by atoms with Crippen molar-refractivity contribution >= 4 is 23.6 Å². The highest BCUT2D eigenvalue weighted by Crippen LogP contribution is 2.27. The number of benzene rings is 2. The van der Waals surface area contributed by atoms with E-state index in [0.717, 1.165) is 5.56 Å². The Morgan fingerprint density at radius 2 is 1.85 bits per heavy atom. The van der Waals surface area contributed by atoms with Crippen LogP contribution in [-0.4, -0.2) is 81.3 Å². The van der Waals surface area contributed by atoms with Crippen molar-refractivity contribution in [3.05, 3.63) is 53.6 Å². The number of hydrogen-bond donors (Lipinski definition) is 5. The minimum absolute atomic E-state index is 0.0477. The zero-order valence-electron chi connectivity index (χ0n) is 22.0. The number of ether oxygens (including phenoxy) is 3. The zero-order valence-corrected chi connectivity index (χ0v) is 22.0. The lowest BCUT2D eigenvalue weighted by Crippen LogP contribution is -2.53. The number of aliphatic hydroxyl groups is 1. The average molecular weight is 543 g/mol. The molecule has 0 bridgehead atoms. The van der Waals surface area contributed by atoms with E-state index >= 15 is 0 Å². The molecule has 0 fully saturated rings. The minimum atomic E-state index is -1.24. The van der Waals surface area contributed by atoms with Crippen molar-refractivity contribution in [2.75, 3.05) is 40.5 Å². The van der Waals surface area contributed by atoms with Gasteiger partial charge >= 0.3 is 0 Å². The lowest BCUT2D eigenvalue weighted by molar-refractivity contribution is -0.131. The number of hydrogen-bond acceptors (Lipinski definition) is 8. The Morgan fingerprint density at radius 1 is 1.08 bits per heavy atom. The number of aliphatic hydroxyl groups excluding tert-OH is 1. The minimum Gasteiger partial charge on any atom is -0.493 e. The summed E-state index contributed by atoms with van der Waals surface area (Å²) in [4.78, 5) is 51.1. The molecule has 0 aromatic heterocycles. The fraction of sp³-hybridized carbons (Fsp3) is 0.407. The topological polar surface area (TPSA) is 164 Å². The van der Waals surface area contributed by atoms with E-state index in [0.29, 0.717) is 24.3 Å². The molecule has 39 heavy (non-hydrogen) atoms. The van der Waals surface area contributed by atoms with Gasteiger partial charge in [-0.2, -0.15) is 0 Å². The number of methoxy groups -OCH3 is 2. The predicted molar refractivity (Wildman–Crippen MR) is 141 cm³/mol. The highest BCUT2D eigenvalue weighted by atomic mass is 16.5. The Morgan fingerprint density at radius 3 is 2.59 bits per heavy atom. The summed E-state index contributed by atoms with van der Waals surface area (Å²) in [5.41, 5.74) is 1.17. The van der Waals surface area contributed by atoms with Gasteiger partial charge in [-0.05, 0) is 42.7 Å². The molecule has 12 heteroatoms. The Balaban J connectivity index is 1.69. The van der Waals surface area contributed by atoms with Gasteiger partial charge in [0.25, 0.3) is 5.91 Å². The van der Waals surface area contributed by atoms with Crippen LogP contribution in [0, 0.1) is 0 Å². The van der Waals surface area contributed by atoms with Crippen LogP contribution < -0.4 is 35.5 Å². The maximum absolute atomic E-state index is 13.1. The number of nitrogens with one attached hydrogen (secondary N) is 4. The fourth-order valence-corrected chi connectivity index (χ4v) is 3.98. The van der Waals surface area contributed by atoms with Gasteiger partial charge < -0.3 is 40.6 Å². The number of aryl methyl sites for hydroxylation is 1. The molecular formula is C27H34N4O8. The van der Waals surface area contributed by atoms with E-state index in [-0.39, 0.29) is 31.0 Å². The maximum atomic E-state index is 13.1. The van der Waals surface area contributed by atoms with Crippen molar-refractivity contribution in [3.63, 3.8) is 0 Å². The molecule has 2 atom stereocenters. The van der Waals surface area contributed by atoms with Gasteiger partial charge in [0.2, 0.25) is 17.7 Å². The SMILES string of the molecule is COc1ccc(CCCNC(=O)[C@@H]2CC(=O)N[C@@H](CO)C(=O)NCCOc3ccccc3C(=O)N2)cc1OC. The van der Waals surface area contributed by atoms with E-state index in [2.05, 4.69) is 21.3 Å². The summed E-state index contributed by atoms with van der Waals surface area (Å²) in [5, 5.41) is 19.9. The van der Waals surface area contributed by atoms with Gasteiger partial charge in [-0.25, -0.2) is 0 Å². The van der Waals surface area contributed by atoms with Gasteiger partial charge in [0.15, 0.2) is 11.5 Å². The summed E-state index contributed by atoms with van der Waals surface area (Å²) in [5.74, 6) is -0.961. The van der Waals surface area contributed by atoms with E-state index in [1.807, 2.05) is 12.1 Å². The molecule has 0 unspecified atom stereocenters. The van der Waals surface area contributed by atoms with Crippen molar-refractivity contribution in [1.82, 2.24) is 21.3 Å². The fourth-order valence-electron chi connectivity index (χ4n) is 3.98. The quantitative estimate of drug-likeness (QED) is 0.289. The molecule has 0 aliphatic carbocycles. The Hall–Kier alpha value is -4.32. The van der Waals surface area contributed by atoms with Crippen LogP contribution in [0.15, 0.2) is 42.5 Å². The third-order valence-electron chi connectivity index (χ3n) is 6.03. The largest absolute Gasteiger partial charge is 0.493 e. The second kappa shape index (κ2) is 14.6. The van der Waals surface area contributed by atoms with Crippen molar-refractivity contribution in [3.8, 4) is 17.2 Å². The first-order valence-corrected chi connectivity index (χ1v) is 12.6. The van der Waals surface area contributed by atoms with Crippen LogP contribution in [0.3, 0.4) is 0 Å². The number of carbonyl (C=O) groups excluding carboxylic acids is 4. The Labute approximate surface area is 226 Å². The highest BCUT2D eigenvalue weighted by Gasteiger charge is 2.28. The second-order valence-corrected chi connectivity index (χ2v) is 8.75. The lowest BCUT2D eigenvalue weighted by Gasteiger charge is -2.22. The van der Waals surface area contributed by atoms with Crippen LogP contribution in [0.25, 0.3) is 0 Å². The van der Waals surface area contributed by atoms with E-state index in [1.54, 1.807) is 38.5 Å². The van der Waals surface area contributed by atoms with Crippen molar-refractivity contribution in [2.45, 2.75) is 31.3 Å². The van der Waals surface area contributed by atoms with Crippen LogP contribution in [0.4, 0.5) is 0 Å². The maximum Gasteiger partial charge on any atom is 0.255 e. The number of para-hydroxylation sites is 1. The van der Waals surface area contributed by atoms with Gasteiger partial charge in [-0.1, -0.05) is 18.2 Å². The van der Waals surface area contributed by atoms with Crippen molar-refractivity contribution in [2.24, 2.45) is 0 Å². The smallest absolute Gasteiger partial charge is 0.255 e. The van der Waals surface area contributed by atoms with E-state index < -0.39 is 48.7 Å². The molecule has 0 saturated carbocycles. The molecule has 4 amide bonds. The van der Waals surface area contributed by atoms with Gasteiger partial charge in [-0.3, -0.25) is 19.2 Å². The lowest BCUT2D eigenvalue weighted by atomic mass is 10.1. The summed E-state index contributed by atoms with van der Waals surface area (Å²) < 4.78 is 16.2. The molecule has 1 aliphatic heterocycles. The summed E-state index contributed by atoms with van der Waals surface area (Å²) in [7, 11) is 3.11. The van der Waals surface area contributed by atoms with Crippen molar-refractivity contribution < 1.29 is 38.5 Å². The Bertz CT molecular complexity index is 1170. The van der Waals surface area contributed by atoms with E-state index in [1.165, 1.54) is 6.07 Å². The highest BCUT2D eigenvalue weighted by molar-refractivity contribution is 6.01. The summed E-state index contributed by atoms with van der Waals surface area (Å²) in [6, 6.07) is 9.57. The van der Waals surface area contributed by atoms with Crippen LogP contribution in [0.1, 0.15) is 28.8 Å². The first kappa shape index (κ1) is 29.2. The van der Waals surface area contributed by atoms with E-state index in [9.17, 15) is 24.3 Å². The number of fused-ring (bicyclic) bond motifs is 1. The number of amides is 4. The number of rotatable bonds is 8.